The first kappa shape index (κ1) is 13.7. The molecule has 0 bridgehead atoms. The Morgan fingerprint density at radius 1 is 1.11 bits per heavy atom. The summed E-state index contributed by atoms with van der Waals surface area (Å²) in [6, 6.07) is 0.168. The van der Waals surface area contributed by atoms with Crippen molar-refractivity contribution in [2.24, 2.45) is 11.8 Å². The van der Waals surface area contributed by atoms with Crippen molar-refractivity contribution in [3.05, 3.63) is 0 Å². The minimum atomic E-state index is 0.168. The molecule has 0 aromatic carbocycles. The quantitative estimate of drug-likeness (QED) is 0.802. The van der Waals surface area contributed by atoms with Crippen molar-refractivity contribution >= 4 is 6.03 Å². The van der Waals surface area contributed by atoms with E-state index < -0.39 is 0 Å². The van der Waals surface area contributed by atoms with E-state index in [4.69, 9.17) is 0 Å². The number of hydrogen-bond donors (Lipinski definition) is 1. The summed E-state index contributed by atoms with van der Waals surface area (Å²) in [4.78, 5) is 14.0. The molecule has 1 unspecified atom stereocenters. The van der Waals surface area contributed by atoms with E-state index in [1.54, 1.807) is 0 Å². The zero-order chi connectivity index (χ0) is 12.8. The SMILES string of the molecule is CC1CCN(C(=O)NCC2CCCCCCC2)C1. The van der Waals surface area contributed by atoms with Gasteiger partial charge in [0, 0.05) is 19.6 Å². The fraction of sp³-hybridized carbons (Fsp3) is 0.933. The van der Waals surface area contributed by atoms with Crippen LogP contribution in [0.1, 0.15) is 58.3 Å². The molecule has 1 atom stereocenters. The molecule has 0 radical (unpaired) electrons. The van der Waals surface area contributed by atoms with Crippen molar-refractivity contribution in [2.45, 2.75) is 58.3 Å². The molecule has 18 heavy (non-hydrogen) atoms. The van der Waals surface area contributed by atoms with E-state index >= 15 is 0 Å². The van der Waals surface area contributed by atoms with Crippen LogP contribution >= 0.6 is 0 Å². The van der Waals surface area contributed by atoms with Crippen LogP contribution in [0.25, 0.3) is 0 Å². The van der Waals surface area contributed by atoms with E-state index in [1.165, 1.54) is 44.9 Å². The molecular formula is C15H28N2O. The highest BCUT2D eigenvalue weighted by molar-refractivity contribution is 5.74. The Morgan fingerprint density at radius 3 is 2.39 bits per heavy atom. The smallest absolute Gasteiger partial charge is 0.317 e. The molecular weight excluding hydrogens is 224 g/mol. The van der Waals surface area contributed by atoms with E-state index in [9.17, 15) is 4.79 Å². The average Bonchev–Trinajstić information content (AvgIpc) is 2.74. The summed E-state index contributed by atoms with van der Waals surface area (Å²) in [6.45, 7) is 5.00. The van der Waals surface area contributed by atoms with Gasteiger partial charge in [-0.1, -0.05) is 39.0 Å². The van der Waals surface area contributed by atoms with E-state index in [0.29, 0.717) is 11.8 Å². The van der Waals surface area contributed by atoms with E-state index in [1.807, 2.05) is 4.90 Å². The number of carbonyl (C=O) groups excluding carboxylic acids is 1. The maximum Gasteiger partial charge on any atom is 0.317 e. The highest BCUT2D eigenvalue weighted by Gasteiger charge is 2.23. The van der Waals surface area contributed by atoms with Crippen molar-refractivity contribution in [2.75, 3.05) is 19.6 Å². The number of carbonyl (C=O) groups is 1. The van der Waals surface area contributed by atoms with Crippen LogP contribution in [0.15, 0.2) is 0 Å². The van der Waals surface area contributed by atoms with Gasteiger partial charge in [-0.3, -0.25) is 0 Å². The average molecular weight is 252 g/mol. The molecule has 1 saturated carbocycles. The van der Waals surface area contributed by atoms with Gasteiger partial charge in [-0.05, 0) is 31.1 Å². The number of amides is 2. The second-order valence-corrected chi connectivity index (χ2v) is 6.24. The molecule has 2 rings (SSSR count). The maximum atomic E-state index is 12.0. The molecule has 2 aliphatic rings. The van der Waals surface area contributed by atoms with Crippen molar-refractivity contribution in [1.82, 2.24) is 10.2 Å². The Kier molecular flexibility index (Phi) is 5.33. The largest absolute Gasteiger partial charge is 0.338 e. The van der Waals surface area contributed by atoms with Gasteiger partial charge >= 0.3 is 6.03 Å². The van der Waals surface area contributed by atoms with Crippen LogP contribution in [-0.2, 0) is 0 Å². The molecule has 3 heteroatoms. The van der Waals surface area contributed by atoms with Gasteiger partial charge in [0.15, 0.2) is 0 Å². The molecule has 2 fully saturated rings. The first-order valence-electron chi connectivity index (χ1n) is 7.78. The monoisotopic (exact) mass is 252 g/mol. The van der Waals surface area contributed by atoms with Crippen LogP contribution in [0.2, 0.25) is 0 Å². The highest BCUT2D eigenvalue weighted by Crippen LogP contribution is 2.22. The Bertz CT molecular complexity index is 259. The number of rotatable bonds is 2. The van der Waals surface area contributed by atoms with Crippen LogP contribution in [-0.4, -0.2) is 30.6 Å². The number of hydrogen-bond acceptors (Lipinski definition) is 1. The lowest BCUT2D eigenvalue weighted by molar-refractivity contribution is 0.204. The molecule has 0 spiro atoms. The summed E-state index contributed by atoms with van der Waals surface area (Å²) >= 11 is 0. The van der Waals surface area contributed by atoms with Crippen LogP contribution in [0, 0.1) is 11.8 Å². The lowest BCUT2D eigenvalue weighted by atomic mass is 9.91. The van der Waals surface area contributed by atoms with Crippen molar-refractivity contribution < 1.29 is 4.79 Å². The zero-order valence-electron chi connectivity index (χ0n) is 11.8. The van der Waals surface area contributed by atoms with Gasteiger partial charge in [-0.25, -0.2) is 4.79 Å². The standard InChI is InChI=1S/C15H28N2O/c1-13-9-10-17(12-13)15(18)16-11-14-7-5-3-2-4-6-8-14/h13-14H,2-12H2,1H3,(H,16,18). The topological polar surface area (TPSA) is 32.3 Å². The Hall–Kier alpha value is -0.730. The van der Waals surface area contributed by atoms with Crippen molar-refractivity contribution in [3.63, 3.8) is 0 Å². The third kappa shape index (κ3) is 4.18. The summed E-state index contributed by atoms with van der Waals surface area (Å²) in [5, 5.41) is 3.15. The van der Waals surface area contributed by atoms with Crippen LogP contribution in [0.5, 0.6) is 0 Å². The van der Waals surface area contributed by atoms with Crippen LogP contribution < -0.4 is 5.32 Å². The van der Waals surface area contributed by atoms with Crippen LogP contribution in [0.3, 0.4) is 0 Å². The Labute approximate surface area is 111 Å². The summed E-state index contributed by atoms with van der Waals surface area (Å²) in [6.07, 6.45) is 10.6. The van der Waals surface area contributed by atoms with Gasteiger partial charge in [-0.2, -0.15) is 0 Å². The molecule has 104 valence electrons. The number of nitrogens with one attached hydrogen (secondary N) is 1. The molecule has 0 aromatic heterocycles. The number of likely N-dealkylation sites (tertiary alicyclic amines) is 1. The molecule has 1 heterocycles. The lowest BCUT2D eigenvalue weighted by Crippen LogP contribution is -2.40. The minimum Gasteiger partial charge on any atom is -0.338 e. The number of nitrogens with zero attached hydrogens (tertiary/aromatic N) is 1. The van der Waals surface area contributed by atoms with E-state index in [-0.39, 0.29) is 6.03 Å². The molecule has 1 saturated heterocycles. The minimum absolute atomic E-state index is 0.168. The molecule has 1 aliphatic heterocycles. The van der Waals surface area contributed by atoms with Gasteiger partial charge in [0.05, 0.1) is 0 Å². The van der Waals surface area contributed by atoms with E-state index in [2.05, 4.69) is 12.2 Å². The fourth-order valence-electron chi connectivity index (χ4n) is 3.21. The van der Waals surface area contributed by atoms with Crippen molar-refractivity contribution in [1.29, 1.82) is 0 Å². The summed E-state index contributed by atoms with van der Waals surface area (Å²) in [5.74, 6) is 1.39. The van der Waals surface area contributed by atoms with Crippen LogP contribution in [0.4, 0.5) is 4.79 Å². The van der Waals surface area contributed by atoms with Gasteiger partial charge in [-0.15, -0.1) is 0 Å². The Balaban J connectivity index is 1.67. The maximum absolute atomic E-state index is 12.0. The van der Waals surface area contributed by atoms with Gasteiger partial charge in [0.2, 0.25) is 0 Å². The second-order valence-electron chi connectivity index (χ2n) is 6.24. The number of urea groups is 1. The summed E-state index contributed by atoms with van der Waals surface area (Å²) in [5.41, 5.74) is 0. The van der Waals surface area contributed by atoms with Crippen molar-refractivity contribution in [3.8, 4) is 0 Å². The normalized spacial score (nSPS) is 26.7. The molecule has 0 aromatic rings. The zero-order valence-corrected chi connectivity index (χ0v) is 11.8. The predicted octanol–water partition coefficient (Wildman–Crippen LogP) is 3.40. The Morgan fingerprint density at radius 2 is 1.78 bits per heavy atom. The fourth-order valence-corrected chi connectivity index (χ4v) is 3.21. The summed E-state index contributed by atoms with van der Waals surface area (Å²) < 4.78 is 0. The molecule has 3 nitrogen and oxygen atoms in total. The first-order valence-corrected chi connectivity index (χ1v) is 7.78. The van der Waals surface area contributed by atoms with Gasteiger partial charge in [0.1, 0.15) is 0 Å². The predicted molar refractivity (Wildman–Crippen MR) is 74.6 cm³/mol. The molecule has 1 N–H and O–H groups in total. The molecule has 1 aliphatic carbocycles. The highest BCUT2D eigenvalue weighted by atomic mass is 16.2. The second kappa shape index (κ2) is 7.01. The van der Waals surface area contributed by atoms with Gasteiger partial charge in [0.25, 0.3) is 0 Å². The lowest BCUT2D eigenvalue weighted by Gasteiger charge is -2.22. The van der Waals surface area contributed by atoms with Gasteiger partial charge < -0.3 is 10.2 Å². The molecule has 2 amide bonds. The third-order valence-electron chi connectivity index (χ3n) is 4.48. The first-order chi connectivity index (χ1) is 8.75. The summed E-state index contributed by atoms with van der Waals surface area (Å²) in [7, 11) is 0. The third-order valence-corrected chi connectivity index (χ3v) is 4.48. The van der Waals surface area contributed by atoms with E-state index in [0.717, 1.165) is 26.1 Å².